The van der Waals surface area contributed by atoms with Crippen molar-refractivity contribution in [3.63, 3.8) is 0 Å². The van der Waals surface area contributed by atoms with Gasteiger partial charge in [-0.1, -0.05) is 6.92 Å². The Morgan fingerprint density at radius 1 is 1.44 bits per heavy atom. The first kappa shape index (κ1) is 13.2. The molecule has 92 valence electrons. The Morgan fingerprint density at radius 2 is 2.19 bits per heavy atom. The average Bonchev–Trinajstić information content (AvgIpc) is 2.64. The second kappa shape index (κ2) is 6.66. The standard InChI is InChI=1S/C12H23N3O/c1-4-14(7-6-8-16)10-12-9-11(3)13-15(12)5-2/h9,16H,4-8,10H2,1-3H3. The van der Waals surface area contributed by atoms with E-state index in [0.717, 1.165) is 38.3 Å². The van der Waals surface area contributed by atoms with Gasteiger partial charge >= 0.3 is 0 Å². The van der Waals surface area contributed by atoms with Crippen LogP contribution in [0.3, 0.4) is 0 Å². The summed E-state index contributed by atoms with van der Waals surface area (Å²) in [4.78, 5) is 2.33. The molecule has 0 saturated heterocycles. The third-order valence-electron chi connectivity index (χ3n) is 2.75. The largest absolute Gasteiger partial charge is 0.396 e. The number of hydrogen-bond donors (Lipinski definition) is 1. The van der Waals surface area contributed by atoms with E-state index in [-0.39, 0.29) is 6.61 Å². The Morgan fingerprint density at radius 3 is 2.75 bits per heavy atom. The summed E-state index contributed by atoms with van der Waals surface area (Å²) in [6.07, 6.45) is 0.840. The van der Waals surface area contributed by atoms with Gasteiger partial charge in [0.2, 0.25) is 0 Å². The molecule has 0 aliphatic rings. The molecule has 0 aromatic carbocycles. The van der Waals surface area contributed by atoms with Gasteiger partial charge in [0.25, 0.3) is 0 Å². The molecule has 0 radical (unpaired) electrons. The highest BCUT2D eigenvalue weighted by molar-refractivity contribution is 5.08. The Bertz CT molecular complexity index is 309. The van der Waals surface area contributed by atoms with Gasteiger partial charge in [-0.2, -0.15) is 5.10 Å². The number of aliphatic hydroxyl groups is 1. The van der Waals surface area contributed by atoms with Crippen LogP contribution in [0.5, 0.6) is 0 Å². The van der Waals surface area contributed by atoms with Crippen LogP contribution >= 0.6 is 0 Å². The first-order valence-corrected chi connectivity index (χ1v) is 6.07. The number of aryl methyl sites for hydroxylation is 2. The van der Waals surface area contributed by atoms with Gasteiger partial charge in [-0.05, 0) is 32.9 Å². The van der Waals surface area contributed by atoms with Gasteiger partial charge in [-0.15, -0.1) is 0 Å². The molecule has 0 spiro atoms. The molecule has 1 aromatic heterocycles. The van der Waals surface area contributed by atoms with Crippen molar-refractivity contribution in [3.05, 3.63) is 17.5 Å². The summed E-state index contributed by atoms with van der Waals surface area (Å²) in [6.45, 7) is 10.3. The molecule has 1 N–H and O–H groups in total. The third kappa shape index (κ3) is 3.61. The van der Waals surface area contributed by atoms with E-state index in [1.54, 1.807) is 0 Å². The second-order valence-electron chi connectivity index (χ2n) is 4.04. The van der Waals surface area contributed by atoms with Crippen molar-refractivity contribution < 1.29 is 5.11 Å². The number of rotatable bonds is 7. The van der Waals surface area contributed by atoms with Gasteiger partial charge < -0.3 is 5.11 Å². The summed E-state index contributed by atoms with van der Waals surface area (Å²) in [5.74, 6) is 0. The van der Waals surface area contributed by atoms with Crippen LogP contribution < -0.4 is 0 Å². The predicted octanol–water partition coefficient (Wildman–Crippen LogP) is 1.42. The molecule has 0 saturated carbocycles. The molecular weight excluding hydrogens is 202 g/mol. The lowest BCUT2D eigenvalue weighted by Crippen LogP contribution is -2.26. The van der Waals surface area contributed by atoms with Crippen LogP contribution in [-0.2, 0) is 13.1 Å². The highest BCUT2D eigenvalue weighted by atomic mass is 16.3. The van der Waals surface area contributed by atoms with Crippen LogP contribution in [0, 0.1) is 6.92 Å². The quantitative estimate of drug-likeness (QED) is 0.763. The molecule has 1 aromatic rings. The number of hydrogen-bond acceptors (Lipinski definition) is 3. The molecule has 0 aliphatic carbocycles. The van der Waals surface area contributed by atoms with Gasteiger partial charge in [-0.25, -0.2) is 0 Å². The van der Waals surface area contributed by atoms with Crippen LogP contribution in [0.25, 0.3) is 0 Å². The van der Waals surface area contributed by atoms with Gasteiger partial charge in [-0.3, -0.25) is 9.58 Å². The van der Waals surface area contributed by atoms with Crippen molar-refractivity contribution in [3.8, 4) is 0 Å². The number of aliphatic hydroxyl groups excluding tert-OH is 1. The Labute approximate surface area is 97.9 Å². The van der Waals surface area contributed by atoms with Gasteiger partial charge in [0.1, 0.15) is 0 Å². The minimum Gasteiger partial charge on any atom is -0.396 e. The maximum absolute atomic E-state index is 8.84. The average molecular weight is 225 g/mol. The summed E-state index contributed by atoms with van der Waals surface area (Å²) in [6, 6.07) is 2.14. The zero-order chi connectivity index (χ0) is 12.0. The summed E-state index contributed by atoms with van der Waals surface area (Å²) >= 11 is 0. The van der Waals surface area contributed by atoms with E-state index >= 15 is 0 Å². The minimum atomic E-state index is 0.266. The van der Waals surface area contributed by atoms with Gasteiger partial charge in [0, 0.05) is 26.2 Å². The van der Waals surface area contributed by atoms with E-state index in [9.17, 15) is 0 Å². The normalized spacial score (nSPS) is 11.3. The molecule has 1 heterocycles. The fourth-order valence-corrected chi connectivity index (χ4v) is 1.87. The van der Waals surface area contributed by atoms with Gasteiger partial charge in [0.05, 0.1) is 11.4 Å². The molecule has 4 nitrogen and oxygen atoms in total. The predicted molar refractivity (Wildman–Crippen MR) is 65.3 cm³/mol. The lowest BCUT2D eigenvalue weighted by Gasteiger charge is -2.20. The van der Waals surface area contributed by atoms with E-state index in [2.05, 4.69) is 34.6 Å². The third-order valence-corrected chi connectivity index (χ3v) is 2.75. The summed E-state index contributed by atoms with van der Waals surface area (Å²) < 4.78 is 2.05. The van der Waals surface area contributed by atoms with Crippen LogP contribution in [-0.4, -0.2) is 39.5 Å². The first-order valence-electron chi connectivity index (χ1n) is 6.07. The van der Waals surface area contributed by atoms with Crippen molar-refractivity contribution >= 4 is 0 Å². The fourth-order valence-electron chi connectivity index (χ4n) is 1.87. The first-order chi connectivity index (χ1) is 7.71. The van der Waals surface area contributed by atoms with Crippen LogP contribution in [0.1, 0.15) is 31.7 Å². The van der Waals surface area contributed by atoms with E-state index < -0.39 is 0 Å². The molecule has 16 heavy (non-hydrogen) atoms. The number of nitrogens with zero attached hydrogens (tertiary/aromatic N) is 3. The molecule has 0 amide bonds. The monoisotopic (exact) mass is 225 g/mol. The molecule has 0 atom stereocenters. The second-order valence-corrected chi connectivity index (χ2v) is 4.04. The van der Waals surface area contributed by atoms with Crippen molar-refractivity contribution in [1.82, 2.24) is 14.7 Å². The van der Waals surface area contributed by atoms with E-state index in [4.69, 9.17) is 5.11 Å². The van der Waals surface area contributed by atoms with E-state index in [1.165, 1.54) is 5.69 Å². The fraction of sp³-hybridized carbons (Fsp3) is 0.750. The molecule has 0 unspecified atom stereocenters. The Hall–Kier alpha value is -0.870. The van der Waals surface area contributed by atoms with E-state index in [0.29, 0.717) is 0 Å². The van der Waals surface area contributed by atoms with Crippen molar-refractivity contribution in [2.24, 2.45) is 0 Å². The minimum absolute atomic E-state index is 0.266. The van der Waals surface area contributed by atoms with Crippen LogP contribution in [0.15, 0.2) is 6.07 Å². The summed E-state index contributed by atoms with van der Waals surface area (Å²) in [5, 5.41) is 13.3. The Kier molecular flexibility index (Phi) is 5.49. The zero-order valence-corrected chi connectivity index (χ0v) is 10.6. The lowest BCUT2D eigenvalue weighted by atomic mass is 10.3. The molecule has 0 aliphatic heterocycles. The van der Waals surface area contributed by atoms with Crippen molar-refractivity contribution in [2.75, 3.05) is 19.7 Å². The maximum atomic E-state index is 8.84. The summed E-state index contributed by atoms with van der Waals surface area (Å²) in [7, 11) is 0. The highest BCUT2D eigenvalue weighted by Gasteiger charge is 2.08. The zero-order valence-electron chi connectivity index (χ0n) is 10.6. The summed E-state index contributed by atoms with van der Waals surface area (Å²) in [5.41, 5.74) is 2.34. The van der Waals surface area contributed by atoms with E-state index in [1.807, 2.05) is 6.92 Å². The molecule has 4 heteroatoms. The molecule has 0 bridgehead atoms. The highest BCUT2D eigenvalue weighted by Crippen LogP contribution is 2.08. The maximum Gasteiger partial charge on any atom is 0.0597 e. The lowest BCUT2D eigenvalue weighted by molar-refractivity contribution is 0.221. The van der Waals surface area contributed by atoms with Crippen molar-refractivity contribution in [2.45, 2.75) is 40.3 Å². The number of aromatic nitrogens is 2. The SMILES string of the molecule is CCN(CCCO)Cc1cc(C)nn1CC. The van der Waals surface area contributed by atoms with Crippen LogP contribution in [0.2, 0.25) is 0 Å². The Balaban J connectivity index is 2.61. The molecule has 0 fully saturated rings. The topological polar surface area (TPSA) is 41.3 Å². The molecular formula is C12H23N3O. The van der Waals surface area contributed by atoms with Gasteiger partial charge in [0.15, 0.2) is 0 Å². The smallest absolute Gasteiger partial charge is 0.0597 e. The van der Waals surface area contributed by atoms with Crippen molar-refractivity contribution in [1.29, 1.82) is 0 Å². The van der Waals surface area contributed by atoms with Crippen LogP contribution in [0.4, 0.5) is 0 Å². The molecule has 1 rings (SSSR count).